The SMILES string of the molecule is CCCCCCNC(=O)Nc1ccccc1Cn1cccn1. The van der Waals surface area contributed by atoms with Crippen molar-refractivity contribution in [1.29, 1.82) is 0 Å². The number of benzene rings is 1. The molecule has 1 aromatic heterocycles. The van der Waals surface area contributed by atoms with Crippen molar-refractivity contribution in [3.63, 3.8) is 0 Å². The van der Waals surface area contributed by atoms with Gasteiger partial charge in [0.05, 0.1) is 6.54 Å². The van der Waals surface area contributed by atoms with Crippen LogP contribution in [0.2, 0.25) is 0 Å². The minimum absolute atomic E-state index is 0.149. The van der Waals surface area contributed by atoms with Gasteiger partial charge in [-0.1, -0.05) is 44.4 Å². The van der Waals surface area contributed by atoms with Crippen molar-refractivity contribution in [1.82, 2.24) is 15.1 Å². The highest BCUT2D eigenvalue weighted by Crippen LogP contribution is 2.16. The number of carbonyl (C=O) groups is 1. The molecule has 1 aromatic carbocycles. The highest BCUT2D eigenvalue weighted by molar-refractivity contribution is 5.90. The van der Waals surface area contributed by atoms with Crippen LogP contribution in [-0.2, 0) is 6.54 Å². The Morgan fingerprint density at radius 1 is 1.18 bits per heavy atom. The first-order chi connectivity index (χ1) is 10.8. The van der Waals surface area contributed by atoms with Gasteiger partial charge in [0.25, 0.3) is 0 Å². The van der Waals surface area contributed by atoms with Gasteiger partial charge in [-0.2, -0.15) is 5.10 Å². The van der Waals surface area contributed by atoms with Gasteiger partial charge in [0.15, 0.2) is 0 Å². The quantitative estimate of drug-likeness (QED) is 0.731. The number of para-hydroxylation sites is 1. The molecule has 0 bridgehead atoms. The van der Waals surface area contributed by atoms with Gasteiger partial charge in [0.2, 0.25) is 0 Å². The van der Waals surface area contributed by atoms with Crippen LogP contribution in [0.1, 0.15) is 38.2 Å². The van der Waals surface area contributed by atoms with Gasteiger partial charge in [-0.15, -0.1) is 0 Å². The van der Waals surface area contributed by atoms with Crippen molar-refractivity contribution in [3.05, 3.63) is 48.3 Å². The van der Waals surface area contributed by atoms with Crippen LogP contribution in [0.5, 0.6) is 0 Å². The molecular weight excluding hydrogens is 276 g/mol. The number of hydrogen-bond donors (Lipinski definition) is 2. The zero-order valence-electron chi connectivity index (χ0n) is 13.1. The second-order valence-corrected chi connectivity index (χ2v) is 5.30. The van der Waals surface area contributed by atoms with Crippen molar-refractivity contribution in [3.8, 4) is 0 Å². The second-order valence-electron chi connectivity index (χ2n) is 5.30. The van der Waals surface area contributed by atoms with E-state index in [4.69, 9.17) is 0 Å². The molecule has 0 saturated heterocycles. The van der Waals surface area contributed by atoms with Crippen molar-refractivity contribution in [2.24, 2.45) is 0 Å². The summed E-state index contributed by atoms with van der Waals surface area (Å²) in [5.74, 6) is 0. The summed E-state index contributed by atoms with van der Waals surface area (Å²) in [7, 11) is 0. The van der Waals surface area contributed by atoms with Crippen LogP contribution in [0.15, 0.2) is 42.7 Å². The molecule has 0 aliphatic carbocycles. The van der Waals surface area contributed by atoms with E-state index in [1.807, 2.05) is 41.2 Å². The summed E-state index contributed by atoms with van der Waals surface area (Å²) < 4.78 is 1.84. The minimum Gasteiger partial charge on any atom is -0.338 e. The number of rotatable bonds is 8. The molecule has 22 heavy (non-hydrogen) atoms. The number of aromatic nitrogens is 2. The number of urea groups is 1. The average Bonchev–Trinajstić information content (AvgIpc) is 3.02. The molecule has 0 radical (unpaired) electrons. The highest BCUT2D eigenvalue weighted by atomic mass is 16.2. The lowest BCUT2D eigenvalue weighted by molar-refractivity contribution is 0.252. The van der Waals surface area contributed by atoms with Crippen molar-refractivity contribution in [2.45, 2.75) is 39.2 Å². The van der Waals surface area contributed by atoms with Crippen molar-refractivity contribution < 1.29 is 4.79 Å². The summed E-state index contributed by atoms with van der Waals surface area (Å²) >= 11 is 0. The van der Waals surface area contributed by atoms with Crippen LogP contribution < -0.4 is 10.6 Å². The fourth-order valence-electron chi connectivity index (χ4n) is 2.27. The van der Waals surface area contributed by atoms with Gasteiger partial charge in [0.1, 0.15) is 0 Å². The summed E-state index contributed by atoms with van der Waals surface area (Å²) in [5, 5.41) is 10.0. The fourth-order valence-corrected chi connectivity index (χ4v) is 2.27. The van der Waals surface area contributed by atoms with E-state index in [1.54, 1.807) is 6.20 Å². The lowest BCUT2D eigenvalue weighted by atomic mass is 10.2. The molecule has 0 unspecified atom stereocenters. The molecule has 2 amide bonds. The minimum atomic E-state index is -0.149. The molecule has 118 valence electrons. The largest absolute Gasteiger partial charge is 0.338 e. The van der Waals surface area contributed by atoms with E-state index in [9.17, 15) is 4.79 Å². The molecule has 2 aromatic rings. The Kier molecular flexibility index (Phi) is 6.48. The van der Waals surface area contributed by atoms with Crippen LogP contribution in [0.3, 0.4) is 0 Å². The van der Waals surface area contributed by atoms with Gasteiger partial charge in [-0.25, -0.2) is 4.79 Å². The predicted molar refractivity (Wildman–Crippen MR) is 88.9 cm³/mol. The standard InChI is InChI=1S/C17H24N4O/c1-2-3-4-7-11-18-17(22)20-16-10-6-5-9-15(16)14-21-13-8-12-19-21/h5-6,8-10,12-13H,2-4,7,11,14H2,1H3,(H2,18,20,22). The Morgan fingerprint density at radius 2 is 2.05 bits per heavy atom. The molecule has 2 N–H and O–H groups in total. The summed E-state index contributed by atoms with van der Waals surface area (Å²) in [5.41, 5.74) is 1.86. The molecule has 0 spiro atoms. The molecule has 5 heteroatoms. The highest BCUT2D eigenvalue weighted by Gasteiger charge is 2.06. The number of nitrogens with one attached hydrogen (secondary N) is 2. The smallest absolute Gasteiger partial charge is 0.319 e. The Bertz CT molecular complexity index is 566. The molecule has 2 rings (SSSR count). The Labute approximate surface area is 131 Å². The molecule has 0 fully saturated rings. The molecule has 0 aliphatic rings. The van der Waals surface area contributed by atoms with E-state index in [1.165, 1.54) is 12.8 Å². The number of unbranched alkanes of at least 4 members (excludes halogenated alkanes) is 3. The number of anilines is 1. The maximum absolute atomic E-state index is 12.0. The molecule has 5 nitrogen and oxygen atoms in total. The van der Waals surface area contributed by atoms with E-state index in [2.05, 4.69) is 22.7 Å². The predicted octanol–water partition coefficient (Wildman–Crippen LogP) is 3.63. The van der Waals surface area contributed by atoms with Crippen molar-refractivity contribution in [2.75, 3.05) is 11.9 Å². The van der Waals surface area contributed by atoms with Crippen LogP contribution in [0, 0.1) is 0 Å². The third kappa shape index (κ3) is 5.24. The van der Waals surface area contributed by atoms with Crippen LogP contribution in [0.25, 0.3) is 0 Å². The van der Waals surface area contributed by atoms with Gasteiger partial charge in [-0.3, -0.25) is 4.68 Å². The van der Waals surface area contributed by atoms with E-state index in [0.29, 0.717) is 13.1 Å². The molecule has 0 atom stereocenters. The fraction of sp³-hybridized carbons (Fsp3) is 0.412. The van der Waals surface area contributed by atoms with E-state index >= 15 is 0 Å². The molecule has 1 heterocycles. The van der Waals surface area contributed by atoms with Gasteiger partial charge in [0, 0.05) is 24.6 Å². The van der Waals surface area contributed by atoms with Gasteiger partial charge >= 0.3 is 6.03 Å². The maximum atomic E-state index is 12.0. The monoisotopic (exact) mass is 300 g/mol. The van der Waals surface area contributed by atoms with E-state index in [0.717, 1.165) is 24.1 Å². The normalized spacial score (nSPS) is 10.4. The summed E-state index contributed by atoms with van der Waals surface area (Å²) in [6.07, 6.45) is 8.26. The second kappa shape index (κ2) is 8.87. The first kappa shape index (κ1) is 16.1. The lowest BCUT2D eigenvalue weighted by Crippen LogP contribution is -2.30. The maximum Gasteiger partial charge on any atom is 0.319 e. The van der Waals surface area contributed by atoms with Crippen LogP contribution >= 0.6 is 0 Å². The summed E-state index contributed by atoms with van der Waals surface area (Å²) in [6, 6.07) is 9.54. The first-order valence-corrected chi connectivity index (χ1v) is 7.89. The number of carbonyl (C=O) groups excluding carboxylic acids is 1. The average molecular weight is 300 g/mol. The topological polar surface area (TPSA) is 59.0 Å². The Hall–Kier alpha value is -2.30. The number of amides is 2. The van der Waals surface area contributed by atoms with Gasteiger partial charge < -0.3 is 10.6 Å². The third-order valence-electron chi connectivity index (χ3n) is 3.47. The van der Waals surface area contributed by atoms with Gasteiger partial charge in [-0.05, 0) is 24.1 Å². The molecule has 0 aliphatic heterocycles. The first-order valence-electron chi connectivity index (χ1n) is 7.89. The van der Waals surface area contributed by atoms with Crippen LogP contribution in [-0.4, -0.2) is 22.4 Å². The molecular formula is C17H24N4O. The third-order valence-corrected chi connectivity index (χ3v) is 3.47. The summed E-state index contributed by atoms with van der Waals surface area (Å²) in [4.78, 5) is 12.0. The zero-order valence-corrected chi connectivity index (χ0v) is 13.1. The van der Waals surface area contributed by atoms with E-state index < -0.39 is 0 Å². The van der Waals surface area contributed by atoms with Crippen LogP contribution in [0.4, 0.5) is 10.5 Å². The summed E-state index contributed by atoms with van der Waals surface area (Å²) in [6.45, 7) is 3.53. The Morgan fingerprint density at radius 3 is 2.82 bits per heavy atom. The lowest BCUT2D eigenvalue weighted by Gasteiger charge is -2.12. The number of nitrogens with zero attached hydrogens (tertiary/aromatic N) is 2. The number of hydrogen-bond acceptors (Lipinski definition) is 2. The molecule has 0 saturated carbocycles. The Balaban J connectivity index is 1.85. The van der Waals surface area contributed by atoms with Crippen molar-refractivity contribution >= 4 is 11.7 Å². The zero-order chi connectivity index (χ0) is 15.6. The van der Waals surface area contributed by atoms with E-state index in [-0.39, 0.29) is 6.03 Å².